The van der Waals surface area contributed by atoms with Crippen molar-refractivity contribution >= 4 is 17.6 Å². The van der Waals surface area contributed by atoms with Crippen molar-refractivity contribution in [3.05, 3.63) is 35.4 Å². The Balaban J connectivity index is 2.53. The summed E-state index contributed by atoms with van der Waals surface area (Å²) >= 11 is 0. The SMILES string of the molecule is CCN(CC(=O)NC(C)(C)C)C(=O)CCC(=O)c1ccc(C)cc1. The molecule has 1 aromatic rings. The molecule has 0 saturated heterocycles. The number of hydrogen-bond acceptors (Lipinski definition) is 3. The number of ketones is 1. The van der Waals surface area contributed by atoms with Crippen LogP contribution in [0, 0.1) is 6.92 Å². The normalized spacial score (nSPS) is 11.0. The van der Waals surface area contributed by atoms with Gasteiger partial charge in [0.25, 0.3) is 0 Å². The first-order valence-electron chi connectivity index (χ1n) is 8.31. The summed E-state index contributed by atoms with van der Waals surface area (Å²) in [5.74, 6) is -0.428. The van der Waals surface area contributed by atoms with Crippen molar-refractivity contribution in [2.24, 2.45) is 0 Å². The average molecular weight is 332 g/mol. The van der Waals surface area contributed by atoms with Crippen LogP contribution < -0.4 is 5.32 Å². The van der Waals surface area contributed by atoms with Gasteiger partial charge in [0.05, 0.1) is 6.54 Å². The number of rotatable bonds is 7. The van der Waals surface area contributed by atoms with Crippen molar-refractivity contribution in [2.45, 2.75) is 53.0 Å². The Hall–Kier alpha value is -2.17. The summed E-state index contributed by atoms with van der Waals surface area (Å²) in [7, 11) is 0. The lowest BCUT2D eigenvalue weighted by atomic mass is 10.0. The van der Waals surface area contributed by atoms with Gasteiger partial charge in [0.15, 0.2) is 5.78 Å². The lowest BCUT2D eigenvalue weighted by Gasteiger charge is -2.25. The zero-order chi connectivity index (χ0) is 18.3. The van der Waals surface area contributed by atoms with E-state index in [0.717, 1.165) is 5.56 Å². The highest BCUT2D eigenvalue weighted by atomic mass is 16.2. The molecule has 5 nitrogen and oxygen atoms in total. The number of carbonyl (C=O) groups is 3. The lowest BCUT2D eigenvalue weighted by Crippen LogP contribution is -2.47. The molecule has 0 spiro atoms. The zero-order valence-electron chi connectivity index (χ0n) is 15.3. The largest absolute Gasteiger partial charge is 0.350 e. The van der Waals surface area contributed by atoms with Crippen LogP contribution >= 0.6 is 0 Å². The molecule has 0 fully saturated rings. The van der Waals surface area contributed by atoms with Gasteiger partial charge in [-0.2, -0.15) is 0 Å². The van der Waals surface area contributed by atoms with Crippen LogP contribution in [0.25, 0.3) is 0 Å². The van der Waals surface area contributed by atoms with Crippen LogP contribution in [0.4, 0.5) is 0 Å². The summed E-state index contributed by atoms with van der Waals surface area (Å²) in [6.07, 6.45) is 0.266. The number of hydrogen-bond donors (Lipinski definition) is 1. The molecular weight excluding hydrogens is 304 g/mol. The maximum absolute atomic E-state index is 12.3. The molecule has 1 aromatic carbocycles. The van der Waals surface area contributed by atoms with E-state index in [1.807, 2.05) is 46.8 Å². The fourth-order valence-corrected chi connectivity index (χ4v) is 2.27. The number of aryl methyl sites for hydroxylation is 1. The second-order valence-corrected chi connectivity index (χ2v) is 7.00. The van der Waals surface area contributed by atoms with Crippen LogP contribution in [0.3, 0.4) is 0 Å². The topological polar surface area (TPSA) is 66.5 Å². The Morgan fingerprint density at radius 3 is 2.12 bits per heavy atom. The van der Waals surface area contributed by atoms with E-state index in [-0.39, 0.29) is 42.5 Å². The third kappa shape index (κ3) is 6.94. The highest BCUT2D eigenvalue weighted by Crippen LogP contribution is 2.09. The molecule has 0 aliphatic carbocycles. The minimum Gasteiger partial charge on any atom is -0.350 e. The predicted molar refractivity (Wildman–Crippen MR) is 94.9 cm³/mol. The van der Waals surface area contributed by atoms with Gasteiger partial charge in [0.2, 0.25) is 11.8 Å². The van der Waals surface area contributed by atoms with Crippen molar-refractivity contribution in [1.29, 1.82) is 0 Å². The smallest absolute Gasteiger partial charge is 0.240 e. The standard InChI is InChI=1S/C19H28N2O3/c1-6-21(13-17(23)20-19(3,4)5)18(24)12-11-16(22)15-9-7-14(2)8-10-15/h7-10H,6,11-13H2,1-5H3,(H,20,23). The summed E-state index contributed by atoms with van der Waals surface area (Å²) in [6.45, 7) is 9.92. The van der Waals surface area contributed by atoms with Crippen molar-refractivity contribution in [3.63, 3.8) is 0 Å². The summed E-state index contributed by atoms with van der Waals surface area (Å²) in [4.78, 5) is 37.8. The molecule has 1 rings (SSSR count). The van der Waals surface area contributed by atoms with E-state index in [1.165, 1.54) is 4.90 Å². The van der Waals surface area contributed by atoms with Crippen LogP contribution in [-0.4, -0.2) is 41.1 Å². The number of carbonyl (C=O) groups excluding carboxylic acids is 3. The summed E-state index contributed by atoms with van der Waals surface area (Å²) in [5, 5.41) is 2.84. The molecule has 0 bridgehead atoms. The average Bonchev–Trinajstić information content (AvgIpc) is 2.48. The minimum absolute atomic E-state index is 0.0192. The van der Waals surface area contributed by atoms with Crippen LogP contribution in [-0.2, 0) is 9.59 Å². The van der Waals surface area contributed by atoms with E-state index in [9.17, 15) is 14.4 Å². The van der Waals surface area contributed by atoms with Gasteiger partial charge in [0.1, 0.15) is 0 Å². The summed E-state index contributed by atoms with van der Waals surface area (Å²) < 4.78 is 0. The molecule has 2 amide bonds. The van der Waals surface area contributed by atoms with Crippen LogP contribution in [0.1, 0.15) is 56.5 Å². The monoisotopic (exact) mass is 332 g/mol. The van der Waals surface area contributed by atoms with Gasteiger partial charge in [-0.05, 0) is 34.6 Å². The Morgan fingerprint density at radius 1 is 1.04 bits per heavy atom. The number of nitrogens with one attached hydrogen (secondary N) is 1. The lowest BCUT2D eigenvalue weighted by molar-refractivity contribution is -0.136. The van der Waals surface area contributed by atoms with Crippen LogP contribution in [0.15, 0.2) is 24.3 Å². The zero-order valence-corrected chi connectivity index (χ0v) is 15.3. The number of nitrogens with zero attached hydrogens (tertiary/aromatic N) is 1. The van der Waals surface area contributed by atoms with E-state index in [0.29, 0.717) is 12.1 Å². The van der Waals surface area contributed by atoms with E-state index in [4.69, 9.17) is 0 Å². The van der Waals surface area contributed by atoms with E-state index in [1.54, 1.807) is 12.1 Å². The quantitative estimate of drug-likeness (QED) is 0.781. The Bertz CT molecular complexity index is 586. The maximum Gasteiger partial charge on any atom is 0.240 e. The summed E-state index contributed by atoms with van der Waals surface area (Å²) in [5.41, 5.74) is 1.37. The Labute approximate surface area is 144 Å². The molecule has 132 valence electrons. The first-order chi connectivity index (χ1) is 11.1. The van der Waals surface area contributed by atoms with Crippen molar-refractivity contribution < 1.29 is 14.4 Å². The fraction of sp³-hybridized carbons (Fsp3) is 0.526. The second kappa shape index (κ2) is 8.62. The van der Waals surface area contributed by atoms with Gasteiger partial charge >= 0.3 is 0 Å². The van der Waals surface area contributed by atoms with Gasteiger partial charge < -0.3 is 10.2 Å². The van der Waals surface area contributed by atoms with Gasteiger partial charge in [-0.15, -0.1) is 0 Å². The third-order valence-corrected chi connectivity index (χ3v) is 3.52. The molecule has 0 aliphatic rings. The van der Waals surface area contributed by atoms with Crippen LogP contribution in [0.2, 0.25) is 0 Å². The molecule has 0 aromatic heterocycles. The van der Waals surface area contributed by atoms with E-state index >= 15 is 0 Å². The highest BCUT2D eigenvalue weighted by Gasteiger charge is 2.20. The second-order valence-electron chi connectivity index (χ2n) is 7.00. The van der Waals surface area contributed by atoms with Crippen molar-refractivity contribution in [2.75, 3.05) is 13.1 Å². The molecule has 1 N–H and O–H groups in total. The fourth-order valence-electron chi connectivity index (χ4n) is 2.27. The van der Waals surface area contributed by atoms with E-state index in [2.05, 4.69) is 5.32 Å². The Morgan fingerprint density at radius 2 is 1.62 bits per heavy atom. The van der Waals surface area contributed by atoms with Crippen molar-refractivity contribution in [1.82, 2.24) is 10.2 Å². The first-order valence-corrected chi connectivity index (χ1v) is 8.31. The molecule has 0 aliphatic heterocycles. The highest BCUT2D eigenvalue weighted by molar-refractivity contribution is 5.98. The molecule has 0 heterocycles. The molecule has 0 saturated carbocycles. The van der Waals surface area contributed by atoms with Gasteiger partial charge in [-0.3, -0.25) is 14.4 Å². The Kier molecular flexibility index (Phi) is 7.14. The molecular formula is C19H28N2O3. The van der Waals surface area contributed by atoms with Crippen molar-refractivity contribution in [3.8, 4) is 0 Å². The van der Waals surface area contributed by atoms with Gasteiger partial charge in [-0.1, -0.05) is 29.8 Å². The molecule has 5 heteroatoms. The minimum atomic E-state index is -0.332. The molecule has 0 radical (unpaired) electrons. The van der Waals surface area contributed by atoms with E-state index < -0.39 is 0 Å². The maximum atomic E-state index is 12.3. The van der Waals surface area contributed by atoms with Gasteiger partial charge in [0, 0.05) is 30.5 Å². The third-order valence-electron chi connectivity index (χ3n) is 3.52. The molecule has 0 atom stereocenters. The molecule has 24 heavy (non-hydrogen) atoms. The van der Waals surface area contributed by atoms with Gasteiger partial charge in [-0.25, -0.2) is 0 Å². The first kappa shape index (κ1) is 19.9. The summed E-state index contributed by atoms with van der Waals surface area (Å²) in [6, 6.07) is 7.31. The predicted octanol–water partition coefficient (Wildman–Crippen LogP) is 2.72. The number of likely N-dealkylation sites (N-methyl/N-ethyl adjacent to an activating group) is 1. The number of Topliss-reactive ketones (excluding diaryl/α,β-unsaturated/α-hetero) is 1. The molecule has 0 unspecified atom stereocenters. The van der Waals surface area contributed by atoms with Crippen LogP contribution in [0.5, 0.6) is 0 Å². The number of benzene rings is 1. The number of amides is 2.